The van der Waals surface area contributed by atoms with Crippen molar-refractivity contribution in [3.05, 3.63) is 76.4 Å². The van der Waals surface area contributed by atoms with Crippen molar-refractivity contribution in [2.45, 2.75) is 38.9 Å². The third-order valence-corrected chi connectivity index (χ3v) is 5.81. The van der Waals surface area contributed by atoms with Crippen molar-refractivity contribution in [3.8, 4) is 28.4 Å². The minimum Gasteiger partial charge on any atom is -0.491 e. The molecule has 0 radical (unpaired) electrons. The largest absolute Gasteiger partial charge is 0.491 e. The van der Waals surface area contributed by atoms with Crippen molar-refractivity contribution in [2.75, 3.05) is 6.61 Å². The molecule has 166 valence electrons. The molecule has 1 aliphatic heterocycles. The molecule has 5 rings (SSSR count). The average Bonchev–Trinajstić information content (AvgIpc) is 3.63. The average molecular weight is 444 g/mol. The molecule has 3 aromatic rings. The molecule has 3 aromatic carbocycles. The van der Waals surface area contributed by atoms with E-state index in [-0.39, 0.29) is 47.5 Å². The van der Waals surface area contributed by atoms with Gasteiger partial charge in [0, 0.05) is 16.7 Å². The fraction of sp³-hybridized carbons (Fsp3) is 0.280. The number of hydrogen-bond donors (Lipinski definition) is 0. The Hall–Kier alpha value is -3.22. The SMILES string of the molecule is CCOc1ccc2c(c1F)OCc1c-2ccc(OCc2ccc(C3CC3)c(F)c2F)c1F. The van der Waals surface area contributed by atoms with Gasteiger partial charge in [0.05, 0.1) is 6.61 Å². The molecule has 0 N–H and O–H groups in total. The van der Waals surface area contributed by atoms with E-state index in [2.05, 4.69) is 0 Å². The van der Waals surface area contributed by atoms with E-state index in [1.165, 1.54) is 18.2 Å². The monoisotopic (exact) mass is 444 g/mol. The fourth-order valence-corrected chi connectivity index (χ4v) is 3.99. The lowest BCUT2D eigenvalue weighted by molar-refractivity contribution is 0.257. The van der Waals surface area contributed by atoms with Gasteiger partial charge in [0.1, 0.15) is 13.2 Å². The lowest BCUT2D eigenvalue weighted by atomic mass is 9.96. The van der Waals surface area contributed by atoms with Crippen LogP contribution in [0, 0.1) is 23.3 Å². The van der Waals surface area contributed by atoms with Gasteiger partial charge in [0.15, 0.2) is 34.7 Å². The van der Waals surface area contributed by atoms with Crippen LogP contribution in [0.25, 0.3) is 11.1 Å². The predicted molar refractivity (Wildman–Crippen MR) is 110 cm³/mol. The molecular formula is C25H20F4O3. The van der Waals surface area contributed by atoms with Crippen LogP contribution < -0.4 is 14.2 Å². The first-order chi connectivity index (χ1) is 15.5. The van der Waals surface area contributed by atoms with E-state index in [0.717, 1.165) is 12.8 Å². The molecule has 2 aliphatic rings. The molecule has 0 bridgehead atoms. The molecule has 1 aliphatic carbocycles. The van der Waals surface area contributed by atoms with Crippen molar-refractivity contribution in [2.24, 2.45) is 0 Å². The highest BCUT2D eigenvalue weighted by Gasteiger charge is 2.29. The summed E-state index contributed by atoms with van der Waals surface area (Å²) in [5, 5.41) is 0. The molecule has 0 saturated heterocycles. The van der Waals surface area contributed by atoms with Gasteiger partial charge in [-0.1, -0.05) is 12.1 Å². The number of halogens is 4. The van der Waals surface area contributed by atoms with Crippen molar-refractivity contribution >= 4 is 0 Å². The van der Waals surface area contributed by atoms with Crippen molar-refractivity contribution in [1.29, 1.82) is 0 Å². The number of rotatable bonds is 6. The molecule has 1 heterocycles. The Bertz CT molecular complexity index is 1200. The lowest BCUT2D eigenvalue weighted by Crippen LogP contribution is -2.11. The molecule has 0 spiro atoms. The Kier molecular flexibility index (Phi) is 5.19. The molecule has 0 aromatic heterocycles. The predicted octanol–water partition coefficient (Wildman–Crippen LogP) is 6.66. The van der Waals surface area contributed by atoms with E-state index in [1.54, 1.807) is 25.1 Å². The van der Waals surface area contributed by atoms with Crippen LogP contribution in [0.4, 0.5) is 17.6 Å². The summed E-state index contributed by atoms with van der Waals surface area (Å²) in [5.41, 5.74) is 1.47. The summed E-state index contributed by atoms with van der Waals surface area (Å²) in [4.78, 5) is 0. The highest BCUT2D eigenvalue weighted by atomic mass is 19.2. The Labute approximate surface area is 182 Å². The highest BCUT2D eigenvalue weighted by molar-refractivity contribution is 5.77. The minimum absolute atomic E-state index is 0.00446. The second-order valence-corrected chi connectivity index (χ2v) is 7.88. The van der Waals surface area contributed by atoms with Gasteiger partial charge in [0.25, 0.3) is 0 Å². The van der Waals surface area contributed by atoms with E-state index in [1.807, 2.05) is 0 Å². The van der Waals surface area contributed by atoms with E-state index >= 15 is 4.39 Å². The van der Waals surface area contributed by atoms with Gasteiger partial charge in [-0.2, -0.15) is 4.39 Å². The summed E-state index contributed by atoms with van der Waals surface area (Å²) < 4.78 is 74.6. The zero-order valence-electron chi connectivity index (χ0n) is 17.3. The number of benzene rings is 3. The maximum atomic E-state index is 15.1. The first-order valence-corrected chi connectivity index (χ1v) is 10.5. The summed E-state index contributed by atoms with van der Waals surface area (Å²) in [7, 11) is 0. The molecule has 0 unspecified atom stereocenters. The summed E-state index contributed by atoms with van der Waals surface area (Å²) >= 11 is 0. The van der Waals surface area contributed by atoms with Gasteiger partial charge in [-0.05, 0) is 61.1 Å². The molecule has 32 heavy (non-hydrogen) atoms. The molecule has 1 saturated carbocycles. The normalized spacial score (nSPS) is 14.4. The third kappa shape index (κ3) is 3.45. The van der Waals surface area contributed by atoms with Crippen LogP contribution in [0.5, 0.6) is 17.2 Å². The Morgan fingerprint density at radius 1 is 0.812 bits per heavy atom. The molecule has 0 atom stereocenters. The summed E-state index contributed by atoms with van der Waals surface area (Å²) in [6.45, 7) is 1.52. The van der Waals surface area contributed by atoms with Gasteiger partial charge in [-0.25, -0.2) is 13.2 Å². The minimum atomic E-state index is -0.967. The van der Waals surface area contributed by atoms with Crippen LogP contribution in [-0.4, -0.2) is 6.61 Å². The maximum absolute atomic E-state index is 15.1. The van der Waals surface area contributed by atoms with Crippen LogP contribution in [-0.2, 0) is 13.2 Å². The van der Waals surface area contributed by atoms with E-state index in [4.69, 9.17) is 14.2 Å². The van der Waals surface area contributed by atoms with Crippen molar-refractivity contribution in [3.63, 3.8) is 0 Å². The molecule has 7 heteroatoms. The second kappa shape index (κ2) is 8.04. The number of fused-ring (bicyclic) bond motifs is 3. The summed E-state index contributed by atoms with van der Waals surface area (Å²) in [6, 6.07) is 9.11. The Morgan fingerprint density at radius 2 is 1.53 bits per heavy atom. The first kappa shape index (κ1) is 20.7. The van der Waals surface area contributed by atoms with Crippen LogP contribution in [0.3, 0.4) is 0 Å². The van der Waals surface area contributed by atoms with Crippen LogP contribution in [0.15, 0.2) is 36.4 Å². The quantitative estimate of drug-likeness (QED) is 0.398. The number of ether oxygens (including phenoxy) is 3. The van der Waals surface area contributed by atoms with E-state index in [9.17, 15) is 13.2 Å². The standard InChI is InChI=1S/C25H20F4O3/c1-2-30-20-10-8-17-16-7-9-19(22(27)18(16)12-32-25(17)24(20)29)31-11-14-5-6-15(13-3-4-13)23(28)21(14)26/h5-10,13H,2-4,11-12H2,1H3. The highest BCUT2D eigenvalue weighted by Crippen LogP contribution is 2.45. The van der Waals surface area contributed by atoms with Gasteiger partial charge >= 0.3 is 0 Å². The van der Waals surface area contributed by atoms with Crippen molar-refractivity contribution < 1.29 is 31.8 Å². The third-order valence-electron chi connectivity index (χ3n) is 5.81. The Balaban J connectivity index is 1.41. The second-order valence-electron chi connectivity index (χ2n) is 7.88. The maximum Gasteiger partial charge on any atom is 0.207 e. The van der Waals surface area contributed by atoms with E-state index < -0.39 is 23.3 Å². The van der Waals surface area contributed by atoms with Crippen molar-refractivity contribution in [1.82, 2.24) is 0 Å². The number of hydrogen-bond acceptors (Lipinski definition) is 3. The van der Waals surface area contributed by atoms with Gasteiger partial charge in [-0.3, -0.25) is 0 Å². The van der Waals surface area contributed by atoms with Crippen LogP contribution in [0.2, 0.25) is 0 Å². The van der Waals surface area contributed by atoms with Gasteiger partial charge in [0.2, 0.25) is 5.82 Å². The Morgan fingerprint density at radius 3 is 2.25 bits per heavy atom. The van der Waals surface area contributed by atoms with E-state index in [0.29, 0.717) is 23.3 Å². The van der Waals surface area contributed by atoms with Crippen LogP contribution >= 0.6 is 0 Å². The van der Waals surface area contributed by atoms with Gasteiger partial charge < -0.3 is 14.2 Å². The molecule has 3 nitrogen and oxygen atoms in total. The van der Waals surface area contributed by atoms with Crippen LogP contribution in [0.1, 0.15) is 42.4 Å². The first-order valence-electron chi connectivity index (χ1n) is 10.5. The van der Waals surface area contributed by atoms with Gasteiger partial charge in [-0.15, -0.1) is 0 Å². The lowest BCUT2D eigenvalue weighted by Gasteiger charge is -2.23. The molecule has 0 amide bonds. The smallest absolute Gasteiger partial charge is 0.207 e. The summed E-state index contributed by atoms with van der Waals surface area (Å²) in [6.07, 6.45) is 1.71. The zero-order chi connectivity index (χ0) is 22.4. The fourth-order valence-electron chi connectivity index (χ4n) is 3.99. The summed E-state index contributed by atoms with van der Waals surface area (Å²) in [5.74, 6) is -3.12. The molecule has 1 fully saturated rings. The molecular weight excluding hydrogens is 424 g/mol. The topological polar surface area (TPSA) is 27.7 Å². The zero-order valence-corrected chi connectivity index (χ0v) is 17.3.